The van der Waals surface area contributed by atoms with E-state index in [0.29, 0.717) is 17.5 Å². The zero-order valence-electron chi connectivity index (χ0n) is 27.9. The Morgan fingerprint density at radius 3 is 1.85 bits per heavy atom. The minimum absolute atomic E-state index is 0.589. The van der Waals surface area contributed by atoms with Crippen molar-refractivity contribution in [1.29, 1.82) is 0 Å². The predicted octanol–water partition coefficient (Wildman–Crippen LogP) is 12.2. The summed E-state index contributed by atoms with van der Waals surface area (Å²) in [6.45, 7) is 0. The third-order valence-electron chi connectivity index (χ3n) is 10.2. The zero-order valence-corrected chi connectivity index (χ0v) is 27.9. The maximum atomic E-state index is 6.54. The lowest BCUT2D eigenvalue weighted by Gasteiger charge is -2.16. The maximum absolute atomic E-state index is 6.54. The van der Waals surface area contributed by atoms with Gasteiger partial charge in [-0.05, 0) is 64.0 Å². The molecule has 5 nitrogen and oxygen atoms in total. The van der Waals surface area contributed by atoms with Crippen molar-refractivity contribution in [1.82, 2.24) is 19.5 Å². The molecule has 0 aliphatic rings. The van der Waals surface area contributed by atoms with Crippen molar-refractivity contribution >= 4 is 65.3 Å². The van der Waals surface area contributed by atoms with Crippen molar-refractivity contribution in [2.45, 2.75) is 0 Å². The molecule has 0 amide bonds. The van der Waals surface area contributed by atoms with Gasteiger partial charge in [-0.25, -0.2) is 15.0 Å². The molecule has 0 bridgehead atoms. The molecule has 0 aliphatic carbocycles. The molecule has 242 valence electrons. The molecule has 11 aromatic rings. The molecule has 0 aliphatic heterocycles. The van der Waals surface area contributed by atoms with Crippen LogP contribution in [0.3, 0.4) is 0 Å². The number of rotatable bonds is 4. The Morgan fingerprint density at radius 1 is 0.385 bits per heavy atom. The quantitative estimate of drug-likeness (QED) is 0.188. The van der Waals surface area contributed by atoms with Gasteiger partial charge in [0.25, 0.3) is 0 Å². The van der Waals surface area contributed by atoms with Crippen LogP contribution in [-0.2, 0) is 0 Å². The molecule has 8 aromatic carbocycles. The van der Waals surface area contributed by atoms with Crippen LogP contribution in [0, 0.1) is 0 Å². The van der Waals surface area contributed by atoms with E-state index in [-0.39, 0.29) is 0 Å². The molecule has 0 fully saturated rings. The van der Waals surface area contributed by atoms with Gasteiger partial charge in [0.15, 0.2) is 17.5 Å². The molecule has 0 saturated heterocycles. The largest absolute Gasteiger partial charge is 0.456 e. The third-order valence-corrected chi connectivity index (χ3v) is 10.2. The molecule has 3 heterocycles. The van der Waals surface area contributed by atoms with Crippen LogP contribution in [0.5, 0.6) is 0 Å². The first-order valence-corrected chi connectivity index (χ1v) is 17.4. The SMILES string of the molecule is c1ccc(-c2nc(-c3ccc4ccccc4c3)nc(-c3ccc4oc5ccccc5c4c3-n3c4ccccc4c4cc5ccccc5cc43)n2)cc1. The topological polar surface area (TPSA) is 56.7 Å². The number of para-hydroxylation sites is 2. The van der Waals surface area contributed by atoms with Gasteiger partial charge in [0.2, 0.25) is 0 Å². The number of nitrogens with zero attached hydrogens (tertiary/aromatic N) is 4. The molecule has 0 atom stereocenters. The molecule has 0 unspecified atom stereocenters. The second-order valence-corrected chi connectivity index (χ2v) is 13.2. The van der Waals surface area contributed by atoms with Crippen LogP contribution in [0.15, 0.2) is 174 Å². The number of furan rings is 1. The van der Waals surface area contributed by atoms with Gasteiger partial charge in [0, 0.05) is 32.8 Å². The van der Waals surface area contributed by atoms with Crippen molar-refractivity contribution in [2.75, 3.05) is 0 Å². The van der Waals surface area contributed by atoms with E-state index in [4.69, 9.17) is 19.4 Å². The van der Waals surface area contributed by atoms with Crippen molar-refractivity contribution in [3.05, 3.63) is 170 Å². The predicted molar refractivity (Wildman–Crippen MR) is 213 cm³/mol. The fourth-order valence-electron chi connectivity index (χ4n) is 7.78. The Labute approximate surface area is 298 Å². The van der Waals surface area contributed by atoms with E-state index in [1.165, 1.54) is 26.9 Å². The number of fused-ring (bicyclic) bond motifs is 8. The van der Waals surface area contributed by atoms with Crippen LogP contribution in [0.1, 0.15) is 0 Å². The van der Waals surface area contributed by atoms with E-state index in [9.17, 15) is 0 Å². The van der Waals surface area contributed by atoms with Gasteiger partial charge in [-0.2, -0.15) is 0 Å². The highest BCUT2D eigenvalue weighted by Crippen LogP contribution is 2.44. The Balaban J connectivity index is 1.28. The summed E-state index contributed by atoms with van der Waals surface area (Å²) in [5.74, 6) is 1.82. The van der Waals surface area contributed by atoms with Crippen LogP contribution in [0.4, 0.5) is 0 Å². The van der Waals surface area contributed by atoms with Gasteiger partial charge in [-0.3, -0.25) is 0 Å². The molecule has 0 saturated carbocycles. The lowest BCUT2D eigenvalue weighted by molar-refractivity contribution is 0.669. The number of aromatic nitrogens is 4. The average molecular weight is 665 g/mol. The summed E-state index contributed by atoms with van der Waals surface area (Å²) in [6, 6.07) is 59.2. The van der Waals surface area contributed by atoms with Crippen LogP contribution in [-0.4, -0.2) is 19.5 Å². The van der Waals surface area contributed by atoms with Gasteiger partial charge < -0.3 is 8.98 Å². The number of hydrogen-bond donors (Lipinski definition) is 0. The zero-order chi connectivity index (χ0) is 34.2. The van der Waals surface area contributed by atoms with Crippen LogP contribution in [0.25, 0.3) is 105 Å². The van der Waals surface area contributed by atoms with Gasteiger partial charge in [-0.15, -0.1) is 0 Å². The van der Waals surface area contributed by atoms with Gasteiger partial charge in [-0.1, -0.05) is 127 Å². The normalized spacial score (nSPS) is 11.8. The minimum atomic E-state index is 0.589. The maximum Gasteiger partial charge on any atom is 0.166 e. The van der Waals surface area contributed by atoms with Crippen LogP contribution in [0.2, 0.25) is 0 Å². The van der Waals surface area contributed by atoms with E-state index in [1.807, 2.05) is 30.3 Å². The Kier molecular flexibility index (Phi) is 6.18. The smallest absolute Gasteiger partial charge is 0.166 e. The Morgan fingerprint density at radius 2 is 1.02 bits per heavy atom. The molecular formula is C47H28N4O. The molecule has 5 heteroatoms. The molecule has 52 heavy (non-hydrogen) atoms. The molecule has 0 N–H and O–H groups in total. The third kappa shape index (κ3) is 4.39. The highest BCUT2D eigenvalue weighted by Gasteiger charge is 2.24. The van der Waals surface area contributed by atoms with E-state index in [2.05, 4.69) is 144 Å². The first kappa shape index (κ1) is 28.7. The van der Waals surface area contributed by atoms with E-state index in [0.717, 1.165) is 60.7 Å². The standard InChI is InChI=1S/C47H28N4O/c1-2-13-30(14-3-1)45-48-46(34-23-22-29-12-4-5-15-31(29)26-34)50-47(49-45)37-24-25-42-43(36-19-9-11-21-41(36)52-42)44(37)51-39-20-10-8-18-35(39)38-27-32-16-6-7-17-33(32)28-40(38)51/h1-28H. The van der Waals surface area contributed by atoms with Crippen molar-refractivity contribution in [3.8, 4) is 39.9 Å². The molecule has 0 radical (unpaired) electrons. The summed E-state index contributed by atoms with van der Waals surface area (Å²) < 4.78 is 8.92. The van der Waals surface area contributed by atoms with Crippen molar-refractivity contribution in [3.63, 3.8) is 0 Å². The molecule has 3 aromatic heterocycles. The first-order chi connectivity index (χ1) is 25.8. The Hall–Kier alpha value is -7.11. The minimum Gasteiger partial charge on any atom is -0.456 e. The van der Waals surface area contributed by atoms with Crippen LogP contribution >= 0.6 is 0 Å². The van der Waals surface area contributed by atoms with Gasteiger partial charge >= 0.3 is 0 Å². The van der Waals surface area contributed by atoms with E-state index in [1.54, 1.807) is 0 Å². The highest BCUT2D eigenvalue weighted by molar-refractivity contribution is 6.18. The summed E-state index contributed by atoms with van der Waals surface area (Å²) in [4.78, 5) is 15.6. The summed E-state index contributed by atoms with van der Waals surface area (Å²) >= 11 is 0. The van der Waals surface area contributed by atoms with Crippen molar-refractivity contribution < 1.29 is 4.42 Å². The van der Waals surface area contributed by atoms with Gasteiger partial charge in [0.05, 0.1) is 22.1 Å². The number of benzene rings is 8. The van der Waals surface area contributed by atoms with Crippen LogP contribution < -0.4 is 0 Å². The van der Waals surface area contributed by atoms with E-state index >= 15 is 0 Å². The lowest BCUT2D eigenvalue weighted by atomic mass is 10.0. The molecule has 11 rings (SSSR count). The lowest BCUT2D eigenvalue weighted by Crippen LogP contribution is -2.04. The second kappa shape index (κ2) is 11.2. The fraction of sp³-hybridized carbons (Fsp3) is 0. The van der Waals surface area contributed by atoms with E-state index < -0.39 is 0 Å². The second-order valence-electron chi connectivity index (χ2n) is 13.2. The highest BCUT2D eigenvalue weighted by atomic mass is 16.3. The summed E-state index contributed by atoms with van der Waals surface area (Å²) in [5.41, 5.74) is 7.55. The molecular weight excluding hydrogens is 637 g/mol. The molecule has 0 spiro atoms. The fourth-order valence-corrected chi connectivity index (χ4v) is 7.78. The average Bonchev–Trinajstić information content (AvgIpc) is 3.75. The summed E-state index contributed by atoms with van der Waals surface area (Å²) in [5, 5.41) is 9.09. The first-order valence-electron chi connectivity index (χ1n) is 17.4. The van der Waals surface area contributed by atoms with Gasteiger partial charge in [0.1, 0.15) is 11.2 Å². The van der Waals surface area contributed by atoms with Crippen molar-refractivity contribution in [2.24, 2.45) is 0 Å². The summed E-state index contributed by atoms with van der Waals surface area (Å²) in [6.07, 6.45) is 0. The monoisotopic (exact) mass is 664 g/mol. The number of hydrogen-bond acceptors (Lipinski definition) is 4. The summed E-state index contributed by atoms with van der Waals surface area (Å²) in [7, 11) is 0. The Bertz CT molecular complexity index is 3190.